The topological polar surface area (TPSA) is 258 Å². The molecule has 0 radical (unpaired) electrons. The zero-order chi connectivity index (χ0) is 44.4. The number of carboxylic acid groups (broad SMARTS) is 2. The van der Waals surface area contributed by atoms with E-state index in [2.05, 4.69) is 46.6 Å². The van der Waals surface area contributed by atoms with Crippen LogP contribution in [0.15, 0.2) is 101 Å². The van der Waals surface area contributed by atoms with E-state index in [0.29, 0.717) is 51.2 Å². The second-order valence-electron chi connectivity index (χ2n) is 13.6. The van der Waals surface area contributed by atoms with E-state index in [1.54, 1.807) is 54.6 Å². The van der Waals surface area contributed by atoms with Crippen LogP contribution in [-0.4, -0.2) is 98.2 Å². The highest BCUT2D eigenvalue weighted by Crippen LogP contribution is 2.22. The van der Waals surface area contributed by atoms with Crippen molar-refractivity contribution in [3.63, 3.8) is 0 Å². The molecule has 0 aliphatic carbocycles. The molecule has 2 heterocycles. The van der Waals surface area contributed by atoms with Crippen molar-refractivity contribution in [1.29, 1.82) is 0 Å². The molecule has 8 N–H and O–H groups in total. The second kappa shape index (κ2) is 22.4. The summed E-state index contributed by atoms with van der Waals surface area (Å²) in [5.41, 5.74) is 3.98. The van der Waals surface area contributed by atoms with Crippen molar-refractivity contribution in [2.75, 3.05) is 61.7 Å². The molecule has 0 aromatic heterocycles. The average Bonchev–Trinajstić information content (AvgIpc) is 3.28. The normalized spacial score (nSPS) is 13.0. The summed E-state index contributed by atoms with van der Waals surface area (Å²) in [6.45, 7) is 3.17. The molecule has 4 aromatic carbocycles. The fraction of sp³-hybridized carbons (Fsp3) is 0.227. The van der Waals surface area contributed by atoms with Gasteiger partial charge in [0.2, 0.25) is 0 Å². The number of benzene rings is 4. The third-order valence-corrected chi connectivity index (χ3v) is 9.09. The third-order valence-electron chi connectivity index (χ3n) is 9.09. The Hall–Kier alpha value is -8.02. The van der Waals surface area contributed by atoms with E-state index in [9.17, 15) is 33.9 Å². The van der Waals surface area contributed by atoms with Crippen LogP contribution in [0.1, 0.15) is 71.8 Å². The van der Waals surface area contributed by atoms with Gasteiger partial charge in [0, 0.05) is 72.6 Å². The van der Waals surface area contributed by atoms with Crippen LogP contribution in [0.25, 0.3) is 6.08 Å². The zero-order valence-electron chi connectivity index (χ0n) is 33.9. The number of carbonyl (C=O) groups is 6. The molecule has 0 saturated carbocycles. The van der Waals surface area contributed by atoms with Crippen LogP contribution < -0.4 is 31.9 Å². The molecular weight excluding hydrogens is 801 g/mol. The minimum absolute atomic E-state index is 0.0362. The summed E-state index contributed by atoms with van der Waals surface area (Å²) < 4.78 is 9.38. The number of aromatic carboxylic acids is 1. The molecule has 0 fully saturated rings. The lowest BCUT2D eigenvalue weighted by Crippen LogP contribution is -2.35. The SMILES string of the molecule is COC(=O)/C=C/c1ccc(NC(=O)c2cccc(NC3=NCCCN3)c2)cc1C(=O)OC.O=C(O)CCc1ccc(NC(=O)c2cccc(NC3=NCCCN3)c2)cc1C(=O)O. The van der Waals surface area contributed by atoms with Gasteiger partial charge >= 0.3 is 23.9 Å². The maximum Gasteiger partial charge on any atom is 0.338 e. The number of carboxylic acids is 2. The van der Waals surface area contributed by atoms with Crippen molar-refractivity contribution in [3.8, 4) is 0 Å². The number of aliphatic carboxylic acids is 1. The molecule has 0 bridgehead atoms. The van der Waals surface area contributed by atoms with Crippen LogP contribution >= 0.6 is 0 Å². The highest BCUT2D eigenvalue weighted by atomic mass is 16.5. The van der Waals surface area contributed by atoms with E-state index in [0.717, 1.165) is 44.7 Å². The fourth-order valence-corrected chi connectivity index (χ4v) is 5.99. The monoisotopic (exact) mass is 846 g/mol. The number of hydrogen-bond acceptors (Lipinski definition) is 14. The number of methoxy groups -OCH3 is 2. The number of amides is 2. The van der Waals surface area contributed by atoms with E-state index < -0.39 is 29.8 Å². The number of esters is 2. The Balaban J connectivity index is 0.000000235. The van der Waals surface area contributed by atoms with Gasteiger partial charge in [-0.3, -0.25) is 24.4 Å². The fourth-order valence-electron chi connectivity index (χ4n) is 5.99. The number of nitrogens with zero attached hydrogens (tertiary/aromatic N) is 2. The molecule has 0 spiro atoms. The van der Waals surface area contributed by atoms with Crippen LogP contribution in [0.2, 0.25) is 0 Å². The molecule has 4 aromatic rings. The standard InChI is InChI=1S/C23H24N4O5.C21H22N4O5/c1-31-20(28)10-8-15-7-9-18(14-19(15)22(30)32-2)26-21(29)16-5-3-6-17(13-16)27-23-24-11-4-12-25-23;26-18(27)8-6-13-5-7-16(12-17(13)20(29)30)24-19(28)14-3-1-4-15(11-14)25-21-22-9-2-10-23-21/h3,5-10,13-14H,4,11-12H2,1-2H3,(H,26,29)(H2,24,25,27);1,3-5,7,11-12H,2,6,8-10H2,(H,24,28)(H,26,27)(H,29,30)(H2,22,23,25)/b10-8+;. The molecule has 322 valence electrons. The first-order valence-electron chi connectivity index (χ1n) is 19.4. The Labute approximate surface area is 356 Å². The lowest BCUT2D eigenvalue weighted by Gasteiger charge is -2.16. The number of ether oxygens (including phenoxy) is 2. The Kier molecular flexibility index (Phi) is 16.3. The summed E-state index contributed by atoms with van der Waals surface area (Å²) in [6, 6.07) is 23.0. The molecule has 62 heavy (non-hydrogen) atoms. The summed E-state index contributed by atoms with van der Waals surface area (Å²) in [5, 5.41) is 36.3. The molecular formula is C44H46N8O10. The van der Waals surface area contributed by atoms with Gasteiger partial charge in [0.25, 0.3) is 11.8 Å². The van der Waals surface area contributed by atoms with E-state index in [1.807, 2.05) is 12.1 Å². The van der Waals surface area contributed by atoms with Crippen LogP contribution in [-0.2, 0) is 25.5 Å². The van der Waals surface area contributed by atoms with Gasteiger partial charge < -0.3 is 51.6 Å². The Bertz CT molecular complexity index is 2410. The lowest BCUT2D eigenvalue weighted by atomic mass is 10.0. The van der Waals surface area contributed by atoms with Crippen LogP contribution in [0.3, 0.4) is 0 Å². The second-order valence-corrected chi connectivity index (χ2v) is 13.6. The Morgan fingerprint density at radius 2 is 1.23 bits per heavy atom. The first-order valence-corrected chi connectivity index (χ1v) is 19.4. The predicted octanol–water partition coefficient (Wildman–Crippen LogP) is 5.09. The van der Waals surface area contributed by atoms with Crippen LogP contribution in [0, 0.1) is 0 Å². The number of guanidine groups is 2. The third kappa shape index (κ3) is 13.5. The largest absolute Gasteiger partial charge is 0.481 e. The number of rotatable bonds is 13. The maximum absolute atomic E-state index is 12.8. The summed E-state index contributed by atoms with van der Waals surface area (Å²) in [4.78, 5) is 79.9. The number of nitrogens with one attached hydrogen (secondary N) is 6. The molecule has 0 saturated heterocycles. The quantitative estimate of drug-likeness (QED) is 0.0645. The molecule has 6 rings (SSSR count). The molecule has 0 atom stereocenters. The Morgan fingerprint density at radius 1 is 0.677 bits per heavy atom. The predicted molar refractivity (Wildman–Crippen MR) is 234 cm³/mol. The minimum Gasteiger partial charge on any atom is -0.481 e. The first-order chi connectivity index (χ1) is 29.9. The summed E-state index contributed by atoms with van der Waals surface area (Å²) in [7, 11) is 2.52. The average molecular weight is 847 g/mol. The van der Waals surface area contributed by atoms with Crippen molar-refractivity contribution in [3.05, 3.63) is 124 Å². The summed E-state index contributed by atoms with van der Waals surface area (Å²) in [6.07, 6.45) is 4.52. The number of aryl methyl sites for hydroxylation is 1. The zero-order valence-corrected chi connectivity index (χ0v) is 33.9. The number of anilines is 4. The molecule has 2 aliphatic rings. The first kappa shape index (κ1) is 45.1. The van der Waals surface area contributed by atoms with Gasteiger partial charge in [-0.15, -0.1) is 0 Å². The molecule has 2 amide bonds. The highest BCUT2D eigenvalue weighted by Gasteiger charge is 2.17. The summed E-state index contributed by atoms with van der Waals surface area (Å²) >= 11 is 0. The van der Waals surface area contributed by atoms with Crippen LogP contribution in [0.5, 0.6) is 0 Å². The minimum atomic E-state index is -1.18. The van der Waals surface area contributed by atoms with Gasteiger partial charge in [-0.25, -0.2) is 14.4 Å². The van der Waals surface area contributed by atoms with Crippen molar-refractivity contribution < 1.29 is 48.5 Å². The lowest BCUT2D eigenvalue weighted by molar-refractivity contribution is -0.137. The van der Waals surface area contributed by atoms with E-state index in [4.69, 9.17) is 9.84 Å². The molecule has 18 heteroatoms. The van der Waals surface area contributed by atoms with E-state index in [-0.39, 0.29) is 29.9 Å². The number of aliphatic imine (C=N–C) groups is 2. The number of hydrogen-bond donors (Lipinski definition) is 8. The molecule has 2 aliphatic heterocycles. The van der Waals surface area contributed by atoms with Gasteiger partial charge in [-0.05, 0) is 97.1 Å². The van der Waals surface area contributed by atoms with Gasteiger partial charge in [0.05, 0.1) is 25.3 Å². The van der Waals surface area contributed by atoms with Gasteiger partial charge in [-0.1, -0.05) is 24.3 Å². The summed E-state index contributed by atoms with van der Waals surface area (Å²) in [5.74, 6) is -2.76. The van der Waals surface area contributed by atoms with E-state index in [1.165, 1.54) is 44.6 Å². The molecule has 0 unspecified atom stereocenters. The van der Waals surface area contributed by atoms with Gasteiger partial charge in [0.1, 0.15) is 0 Å². The van der Waals surface area contributed by atoms with Gasteiger partial charge in [-0.2, -0.15) is 0 Å². The van der Waals surface area contributed by atoms with Crippen molar-refractivity contribution >= 4 is 76.4 Å². The smallest absolute Gasteiger partial charge is 0.338 e. The highest BCUT2D eigenvalue weighted by molar-refractivity contribution is 6.07. The maximum atomic E-state index is 12.8. The Morgan fingerprint density at radius 3 is 1.71 bits per heavy atom. The van der Waals surface area contributed by atoms with Crippen molar-refractivity contribution in [1.82, 2.24) is 10.6 Å². The van der Waals surface area contributed by atoms with Crippen molar-refractivity contribution in [2.45, 2.75) is 25.7 Å². The van der Waals surface area contributed by atoms with Crippen LogP contribution in [0.4, 0.5) is 22.7 Å². The number of carbonyl (C=O) groups excluding carboxylic acids is 4. The molecule has 18 nitrogen and oxygen atoms in total. The van der Waals surface area contributed by atoms with E-state index >= 15 is 0 Å². The van der Waals surface area contributed by atoms with Gasteiger partial charge in [0.15, 0.2) is 11.9 Å². The van der Waals surface area contributed by atoms with Crippen molar-refractivity contribution in [2.24, 2.45) is 9.98 Å².